The lowest BCUT2D eigenvalue weighted by molar-refractivity contribution is 0.104. The van der Waals surface area contributed by atoms with E-state index in [2.05, 4.69) is 6.58 Å². The summed E-state index contributed by atoms with van der Waals surface area (Å²) in [4.78, 5) is 12.4. The number of ether oxygens (including phenoxy) is 2. The fourth-order valence-electron chi connectivity index (χ4n) is 2.21. The number of carbonyl (C=O) groups is 1. The van der Waals surface area contributed by atoms with E-state index in [4.69, 9.17) is 9.47 Å². The van der Waals surface area contributed by atoms with Gasteiger partial charge in [0.05, 0.1) is 6.61 Å². The summed E-state index contributed by atoms with van der Waals surface area (Å²) >= 11 is 0. The summed E-state index contributed by atoms with van der Waals surface area (Å²) in [5, 5.41) is 9.36. The topological polar surface area (TPSA) is 59.3 Å². The molecule has 0 heterocycles. The van der Waals surface area contributed by atoms with Gasteiger partial charge in [0.15, 0.2) is 11.5 Å². The Morgan fingerprint density at radius 3 is 2.56 bits per heavy atom. The van der Waals surface area contributed by atoms with Gasteiger partial charge in [0.2, 0.25) is 5.78 Å². The van der Waals surface area contributed by atoms with Gasteiger partial charge in [-0.05, 0) is 30.7 Å². The largest absolute Gasteiger partial charge is 0.490 e. The number of nitriles is 1. The highest BCUT2D eigenvalue weighted by molar-refractivity contribution is 6.14. The summed E-state index contributed by atoms with van der Waals surface area (Å²) in [6.07, 6.45) is 3.20. The molecule has 0 saturated carbocycles. The van der Waals surface area contributed by atoms with E-state index in [1.165, 1.54) is 0 Å². The van der Waals surface area contributed by atoms with E-state index in [0.717, 1.165) is 0 Å². The Morgan fingerprint density at radius 2 is 1.92 bits per heavy atom. The summed E-state index contributed by atoms with van der Waals surface area (Å²) in [7, 11) is 0. The minimum Gasteiger partial charge on any atom is -0.490 e. The van der Waals surface area contributed by atoms with E-state index in [1.807, 2.05) is 19.1 Å². The Bertz CT molecular complexity index is 817. The third-order valence-electron chi connectivity index (χ3n) is 3.34. The number of benzene rings is 2. The van der Waals surface area contributed by atoms with Crippen molar-refractivity contribution in [3.05, 3.63) is 77.9 Å². The van der Waals surface area contributed by atoms with Gasteiger partial charge in [-0.15, -0.1) is 0 Å². The molecular formula is C21H19NO3. The lowest BCUT2D eigenvalue weighted by atomic mass is 10.0. The molecule has 0 N–H and O–H groups in total. The Hall–Kier alpha value is -3.32. The summed E-state index contributed by atoms with van der Waals surface area (Å²) in [6, 6.07) is 16.0. The fraction of sp³-hybridized carbons (Fsp3) is 0.143. The van der Waals surface area contributed by atoms with Crippen molar-refractivity contribution in [2.45, 2.75) is 6.92 Å². The van der Waals surface area contributed by atoms with Crippen LogP contribution in [0.5, 0.6) is 11.5 Å². The van der Waals surface area contributed by atoms with Crippen molar-refractivity contribution in [1.82, 2.24) is 0 Å². The van der Waals surface area contributed by atoms with Crippen LogP contribution >= 0.6 is 0 Å². The smallest absolute Gasteiger partial charge is 0.203 e. The monoisotopic (exact) mass is 333 g/mol. The van der Waals surface area contributed by atoms with E-state index in [9.17, 15) is 10.1 Å². The Labute approximate surface area is 147 Å². The lowest BCUT2D eigenvalue weighted by Crippen LogP contribution is -2.02. The van der Waals surface area contributed by atoms with Crippen LogP contribution in [0.1, 0.15) is 22.8 Å². The number of hydrogen-bond donors (Lipinski definition) is 0. The summed E-state index contributed by atoms with van der Waals surface area (Å²) in [5.41, 5.74) is 1.23. The molecule has 0 spiro atoms. The molecule has 0 aliphatic rings. The SMILES string of the molecule is C=CCOc1ccc(/C=C(\C#N)C(=O)c2ccccc2)cc1OCC. The normalized spacial score (nSPS) is 10.6. The zero-order valence-corrected chi connectivity index (χ0v) is 14.1. The van der Waals surface area contributed by atoms with E-state index >= 15 is 0 Å². The molecule has 25 heavy (non-hydrogen) atoms. The third-order valence-corrected chi connectivity index (χ3v) is 3.34. The van der Waals surface area contributed by atoms with Gasteiger partial charge in [0.1, 0.15) is 18.2 Å². The van der Waals surface area contributed by atoms with Gasteiger partial charge >= 0.3 is 0 Å². The first-order valence-electron chi connectivity index (χ1n) is 7.91. The molecule has 0 amide bonds. The van der Waals surface area contributed by atoms with Crippen molar-refractivity contribution in [2.24, 2.45) is 0 Å². The molecule has 2 aromatic rings. The zero-order chi connectivity index (χ0) is 18.1. The summed E-state index contributed by atoms with van der Waals surface area (Å²) < 4.78 is 11.1. The first-order chi connectivity index (χ1) is 12.2. The van der Waals surface area contributed by atoms with E-state index in [0.29, 0.717) is 35.8 Å². The van der Waals surface area contributed by atoms with Crippen LogP contribution in [0, 0.1) is 11.3 Å². The molecule has 0 saturated heterocycles. The standard InChI is InChI=1S/C21H19NO3/c1-3-12-25-19-11-10-16(14-20(19)24-4-2)13-18(15-22)21(23)17-8-6-5-7-9-17/h3,5-11,13-14H,1,4,12H2,2H3/b18-13+. The van der Waals surface area contributed by atoms with E-state index < -0.39 is 0 Å². The van der Waals surface area contributed by atoms with Crippen molar-refractivity contribution < 1.29 is 14.3 Å². The highest BCUT2D eigenvalue weighted by Crippen LogP contribution is 2.29. The first kappa shape index (κ1) is 18.0. The minimum atomic E-state index is -0.312. The summed E-state index contributed by atoms with van der Waals surface area (Å²) in [6.45, 7) is 6.34. The second kappa shape index (κ2) is 9.09. The Kier molecular flexibility index (Phi) is 6.56. The predicted molar refractivity (Wildman–Crippen MR) is 97.7 cm³/mol. The lowest BCUT2D eigenvalue weighted by Gasteiger charge is -2.11. The molecular weight excluding hydrogens is 314 g/mol. The molecule has 4 nitrogen and oxygen atoms in total. The van der Waals surface area contributed by atoms with Crippen molar-refractivity contribution in [3.8, 4) is 17.6 Å². The van der Waals surface area contributed by atoms with Gasteiger partial charge in [-0.25, -0.2) is 0 Å². The molecule has 126 valence electrons. The number of carbonyl (C=O) groups excluding carboxylic acids is 1. The van der Waals surface area contributed by atoms with Crippen LogP contribution in [0.15, 0.2) is 66.8 Å². The second-order valence-electron chi connectivity index (χ2n) is 5.10. The molecule has 0 bridgehead atoms. The van der Waals surface area contributed by atoms with Gasteiger partial charge in [-0.1, -0.05) is 49.1 Å². The average Bonchev–Trinajstić information content (AvgIpc) is 2.66. The van der Waals surface area contributed by atoms with Gasteiger partial charge in [0.25, 0.3) is 0 Å². The maximum Gasteiger partial charge on any atom is 0.203 e. The van der Waals surface area contributed by atoms with Gasteiger partial charge in [-0.2, -0.15) is 5.26 Å². The number of allylic oxidation sites excluding steroid dienone is 1. The number of nitrogens with zero attached hydrogens (tertiary/aromatic N) is 1. The van der Waals surface area contributed by atoms with Crippen LogP contribution in [-0.4, -0.2) is 19.0 Å². The molecule has 0 atom stereocenters. The Morgan fingerprint density at radius 1 is 1.16 bits per heavy atom. The highest BCUT2D eigenvalue weighted by atomic mass is 16.5. The Balaban J connectivity index is 2.34. The number of ketones is 1. The van der Waals surface area contributed by atoms with Gasteiger partial charge in [-0.3, -0.25) is 4.79 Å². The molecule has 0 aromatic heterocycles. The molecule has 2 aromatic carbocycles. The number of rotatable bonds is 8. The third kappa shape index (κ3) is 4.82. The van der Waals surface area contributed by atoms with Crippen LogP contribution in [0.2, 0.25) is 0 Å². The van der Waals surface area contributed by atoms with Crippen molar-refractivity contribution in [3.63, 3.8) is 0 Å². The molecule has 0 aliphatic heterocycles. The fourth-order valence-corrected chi connectivity index (χ4v) is 2.21. The van der Waals surface area contributed by atoms with Gasteiger partial charge < -0.3 is 9.47 Å². The second-order valence-corrected chi connectivity index (χ2v) is 5.10. The quantitative estimate of drug-likeness (QED) is 0.310. The first-order valence-corrected chi connectivity index (χ1v) is 7.91. The van der Waals surface area contributed by atoms with Crippen molar-refractivity contribution >= 4 is 11.9 Å². The average molecular weight is 333 g/mol. The van der Waals surface area contributed by atoms with Crippen LogP contribution in [0.4, 0.5) is 0 Å². The molecule has 2 rings (SSSR count). The predicted octanol–water partition coefficient (Wildman–Crippen LogP) is 4.44. The highest BCUT2D eigenvalue weighted by Gasteiger charge is 2.12. The summed E-state index contributed by atoms with van der Waals surface area (Å²) in [5.74, 6) is 0.836. The maximum absolute atomic E-state index is 12.4. The molecule has 0 fully saturated rings. The maximum atomic E-state index is 12.4. The van der Waals surface area contributed by atoms with Crippen molar-refractivity contribution in [1.29, 1.82) is 5.26 Å². The molecule has 0 radical (unpaired) electrons. The molecule has 0 aliphatic carbocycles. The van der Waals surface area contributed by atoms with Crippen molar-refractivity contribution in [2.75, 3.05) is 13.2 Å². The zero-order valence-electron chi connectivity index (χ0n) is 14.1. The number of Topliss-reactive ketones (excluding diaryl/α,β-unsaturated/α-hetero) is 1. The minimum absolute atomic E-state index is 0.0633. The van der Waals surface area contributed by atoms with Crippen LogP contribution < -0.4 is 9.47 Å². The van der Waals surface area contributed by atoms with Crippen LogP contribution in [-0.2, 0) is 0 Å². The van der Waals surface area contributed by atoms with Gasteiger partial charge in [0, 0.05) is 5.56 Å². The van der Waals surface area contributed by atoms with Crippen LogP contribution in [0.3, 0.4) is 0 Å². The van der Waals surface area contributed by atoms with E-state index in [1.54, 1.807) is 54.6 Å². The molecule has 0 unspecified atom stereocenters. The van der Waals surface area contributed by atoms with E-state index in [-0.39, 0.29) is 11.4 Å². The van der Waals surface area contributed by atoms with Crippen LogP contribution in [0.25, 0.3) is 6.08 Å². The number of hydrogen-bond acceptors (Lipinski definition) is 4. The molecule has 4 heteroatoms.